The van der Waals surface area contributed by atoms with Crippen molar-refractivity contribution in [1.82, 2.24) is 14.1 Å². The van der Waals surface area contributed by atoms with Crippen LogP contribution in [0.1, 0.15) is 0 Å². The number of halogens is 1. The molecule has 2 rings (SSSR count). The maximum absolute atomic E-state index is 12.4. The lowest BCUT2D eigenvalue weighted by molar-refractivity contribution is 0.0897. The van der Waals surface area contributed by atoms with Crippen LogP contribution in [0, 0.1) is 0 Å². The molecule has 0 aromatic carbocycles. The molecule has 0 saturated carbocycles. The van der Waals surface area contributed by atoms with E-state index >= 15 is 0 Å². The number of hydrogen-bond donors (Lipinski definition) is 0. The van der Waals surface area contributed by atoms with Crippen molar-refractivity contribution in [3.05, 3.63) is 21.0 Å². The summed E-state index contributed by atoms with van der Waals surface area (Å²) in [4.78, 5) is 17.0. The van der Waals surface area contributed by atoms with Crippen molar-refractivity contribution in [1.29, 1.82) is 0 Å². The first-order valence-electron chi connectivity index (χ1n) is 7.11. The van der Waals surface area contributed by atoms with Gasteiger partial charge in [-0.15, -0.1) is 0 Å². The van der Waals surface area contributed by atoms with Crippen molar-refractivity contribution >= 4 is 46.8 Å². The summed E-state index contributed by atoms with van der Waals surface area (Å²) in [7, 11) is 0.654. The standard InChI is InChI=1S/C14H22BrN3O2SSi/c1-17-13(19)11-10(15)8-18(12(11)16-14(17)21-2)9-20-6-7-22(3,4)5/h8H,6-7,9H2,1-5H3. The third kappa shape index (κ3) is 3.84. The van der Waals surface area contributed by atoms with Gasteiger partial charge in [0.15, 0.2) is 10.8 Å². The second-order valence-electron chi connectivity index (χ2n) is 6.46. The van der Waals surface area contributed by atoms with Gasteiger partial charge in [0, 0.05) is 27.9 Å². The van der Waals surface area contributed by atoms with E-state index in [2.05, 4.69) is 40.6 Å². The minimum atomic E-state index is -1.09. The number of hydrogen-bond acceptors (Lipinski definition) is 4. The highest BCUT2D eigenvalue weighted by molar-refractivity contribution is 9.10. The molecular weight excluding hydrogens is 382 g/mol. The van der Waals surface area contributed by atoms with Crippen molar-refractivity contribution in [2.75, 3.05) is 12.9 Å². The molecule has 0 unspecified atom stereocenters. The Bertz CT molecular complexity index is 736. The lowest BCUT2D eigenvalue weighted by atomic mass is 10.4. The van der Waals surface area contributed by atoms with Gasteiger partial charge in [-0.05, 0) is 28.2 Å². The Kier molecular flexibility index (Phi) is 5.57. The van der Waals surface area contributed by atoms with Gasteiger partial charge >= 0.3 is 0 Å². The van der Waals surface area contributed by atoms with Gasteiger partial charge in [-0.1, -0.05) is 31.4 Å². The summed E-state index contributed by atoms with van der Waals surface area (Å²) in [6.45, 7) is 8.14. The molecule has 0 N–H and O–H groups in total. The van der Waals surface area contributed by atoms with Gasteiger partial charge in [-0.2, -0.15) is 0 Å². The average Bonchev–Trinajstić information content (AvgIpc) is 2.74. The summed E-state index contributed by atoms with van der Waals surface area (Å²) in [5.41, 5.74) is 0.634. The van der Waals surface area contributed by atoms with E-state index in [1.807, 2.05) is 17.0 Å². The first-order chi connectivity index (χ1) is 10.2. The van der Waals surface area contributed by atoms with Crippen molar-refractivity contribution in [3.63, 3.8) is 0 Å². The van der Waals surface area contributed by atoms with Gasteiger partial charge in [0.2, 0.25) is 0 Å². The fourth-order valence-electron chi connectivity index (χ4n) is 2.07. The SMILES string of the molecule is CSc1nc2c(c(Br)cn2COCC[Si](C)(C)C)c(=O)n1C. The number of ether oxygens (including phenoxy) is 1. The van der Waals surface area contributed by atoms with Gasteiger partial charge in [0.1, 0.15) is 6.73 Å². The highest BCUT2D eigenvalue weighted by Gasteiger charge is 2.16. The maximum atomic E-state index is 12.4. The molecule has 5 nitrogen and oxygen atoms in total. The molecule has 122 valence electrons. The number of rotatable bonds is 6. The average molecular weight is 404 g/mol. The molecule has 0 aliphatic carbocycles. The zero-order chi connectivity index (χ0) is 16.5. The van der Waals surface area contributed by atoms with Crippen LogP contribution in [0.25, 0.3) is 11.0 Å². The zero-order valence-corrected chi connectivity index (χ0v) is 17.0. The van der Waals surface area contributed by atoms with Crippen LogP contribution in [0.2, 0.25) is 25.7 Å². The molecule has 0 radical (unpaired) electrons. The molecule has 2 aromatic rings. The van der Waals surface area contributed by atoms with E-state index in [1.54, 1.807) is 11.6 Å². The molecule has 0 spiro atoms. The molecule has 0 saturated heterocycles. The molecular formula is C14H22BrN3O2SSi. The van der Waals surface area contributed by atoms with Gasteiger partial charge in [0.25, 0.3) is 5.56 Å². The number of fused-ring (bicyclic) bond motifs is 1. The second-order valence-corrected chi connectivity index (χ2v) is 13.7. The smallest absolute Gasteiger partial charge is 0.264 e. The lowest BCUT2D eigenvalue weighted by Crippen LogP contribution is -2.22. The maximum Gasteiger partial charge on any atom is 0.264 e. The van der Waals surface area contributed by atoms with Crippen molar-refractivity contribution < 1.29 is 4.74 Å². The van der Waals surface area contributed by atoms with E-state index < -0.39 is 8.07 Å². The minimum absolute atomic E-state index is 0.0397. The second kappa shape index (κ2) is 6.90. The minimum Gasteiger partial charge on any atom is -0.361 e. The molecule has 0 aliphatic heterocycles. The summed E-state index contributed by atoms with van der Waals surface area (Å²) in [5.74, 6) is 0. The normalized spacial score (nSPS) is 12.3. The Morgan fingerprint density at radius 2 is 2.09 bits per heavy atom. The Morgan fingerprint density at radius 3 is 2.68 bits per heavy atom. The fourth-order valence-corrected chi connectivity index (χ4v) is 3.96. The molecule has 2 aromatic heterocycles. The van der Waals surface area contributed by atoms with E-state index in [0.29, 0.717) is 22.9 Å². The molecule has 22 heavy (non-hydrogen) atoms. The van der Waals surface area contributed by atoms with Crippen LogP contribution in [0.5, 0.6) is 0 Å². The van der Waals surface area contributed by atoms with E-state index in [4.69, 9.17) is 4.74 Å². The molecule has 8 heteroatoms. The number of aromatic nitrogens is 3. The van der Waals surface area contributed by atoms with Crippen LogP contribution in [0.3, 0.4) is 0 Å². The van der Waals surface area contributed by atoms with Crippen molar-refractivity contribution in [2.45, 2.75) is 37.6 Å². The number of thioether (sulfide) groups is 1. The highest BCUT2D eigenvalue weighted by atomic mass is 79.9. The topological polar surface area (TPSA) is 49.1 Å². The lowest BCUT2D eigenvalue weighted by Gasteiger charge is -2.15. The Hall–Kier alpha value is -0.573. The molecule has 0 atom stereocenters. The molecule has 0 fully saturated rings. The predicted molar refractivity (Wildman–Crippen MR) is 98.6 cm³/mol. The highest BCUT2D eigenvalue weighted by Crippen LogP contribution is 2.24. The summed E-state index contributed by atoms with van der Waals surface area (Å²) in [6, 6.07) is 1.12. The molecule has 0 bridgehead atoms. The van der Waals surface area contributed by atoms with Crippen LogP contribution in [0.4, 0.5) is 0 Å². The van der Waals surface area contributed by atoms with Crippen LogP contribution in [-0.2, 0) is 18.5 Å². The molecule has 0 aliphatic rings. The van der Waals surface area contributed by atoms with E-state index in [-0.39, 0.29) is 5.56 Å². The van der Waals surface area contributed by atoms with Crippen molar-refractivity contribution in [2.24, 2.45) is 7.05 Å². The van der Waals surface area contributed by atoms with Gasteiger partial charge in [0.05, 0.1) is 9.86 Å². The third-order valence-corrected chi connectivity index (χ3v) is 6.46. The van der Waals surface area contributed by atoms with Crippen LogP contribution < -0.4 is 5.56 Å². The Morgan fingerprint density at radius 1 is 1.41 bits per heavy atom. The summed E-state index contributed by atoms with van der Waals surface area (Å²) in [5, 5.41) is 1.31. The van der Waals surface area contributed by atoms with E-state index in [9.17, 15) is 4.79 Å². The quantitative estimate of drug-likeness (QED) is 0.320. The monoisotopic (exact) mass is 403 g/mol. The largest absolute Gasteiger partial charge is 0.361 e. The predicted octanol–water partition coefficient (Wildman–Crippen LogP) is 3.53. The fraction of sp³-hybridized carbons (Fsp3) is 0.571. The summed E-state index contributed by atoms with van der Waals surface area (Å²) in [6.07, 6.45) is 3.79. The number of nitrogens with zero attached hydrogens (tertiary/aromatic N) is 3. The van der Waals surface area contributed by atoms with E-state index in [1.165, 1.54) is 11.8 Å². The van der Waals surface area contributed by atoms with Crippen LogP contribution in [-0.4, -0.2) is 35.1 Å². The zero-order valence-electron chi connectivity index (χ0n) is 13.6. The third-order valence-electron chi connectivity index (χ3n) is 3.42. The van der Waals surface area contributed by atoms with E-state index in [0.717, 1.165) is 17.1 Å². The first-order valence-corrected chi connectivity index (χ1v) is 12.8. The van der Waals surface area contributed by atoms with Gasteiger partial charge in [-0.3, -0.25) is 9.36 Å². The summed E-state index contributed by atoms with van der Waals surface area (Å²) >= 11 is 4.92. The summed E-state index contributed by atoms with van der Waals surface area (Å²) < 4.78 is 10.0. The molecule has 0 amide bonds. The Balaban J connectivity index is 2.28. The molecule has 2 heterocycles. The van der Waals surface area contributed by atoms with Crippen molar-refractivity contribution in [3.8, 4) is 0 Å². The first kappa shape index (κ1) is 17.8. The van der Waals surface area contributed by atoms with Crippen LogP contribution >= 0.6 is 27.7 Å². The Labute approximate surface area is 144 Å². The van der Waals surface area contributed by atoms with Gasteiger partial charge in [-0.25, -0.2) is 4.98 Å². The van der Waals surface area contributed by atoms with Gasteiger partial charge < -0.3 is 9.30 Å². The van der Waals surface area contributed by atoms with Crippen LogP contribution in [0.15, 0.2) is 20.6 Å².